The van der Waals surface area contributed by atoms with Gasteiger partial charge in [-0.05, 0) is 24.1 Å². The number of halogens is 4. The molecule has 0 aliphatic carbocycles. The van der Waals surface area contributed by atoms with Gasteiger partial charge in [-0.25, -0.2) is 4.39 Å². The van der Waals surface area contributed by atoms with Gasteiger partial charge in [-0.1, -0.05) is 19.8 Å². The van der Waals surface area contributed by atoms with E-state index in [1.165, 1.54) is 13.8 Å². The highest BCUT2D eigenvalue weighted by Crippen LogP contribution is 2.51. The summed E-state index contributed by atoms with van der Waals surface area (Å²) >= 11 is 0. The number of rotatable bonds is 1. The molecule has 0 spiro atoms. The fraction of sp³-hybridized carbons (Fsp3) is 0.400. The molecule has 1 aromatic carbocycles. The fourth-order valence-corrected chi connectivity index (χ4v) is 2.54. The van der Waals surface area contributed by atoms with Crippen molar-refractivity contribution < 1.29 is 27.1 Å². The minimum absolute atomic E-state index is 0.171. The average Bonchev–Trinajstić information content (AvgIpc) is 2.52. The summed E-state index contributed by atoms with van der Waals surface area (Å²) < 4.78 is 60.0. The van der Waals surface area contributed by atoms with Crippen LogP contribution in [-0.4, -0.2) is 18.2 Å². The van der Waals surface area contributed by atoms with Gasteiger partial charge in [-0.2, -0.15) is 13.2 Å². The highest BCUT2D eigenvalue weighted by molar-refractivity contribution is 5.97. The number of ether oxygens (including phenoxy) is 1. The third kappa shape index (κ3) is 2.33. The zero-order valence-electron chi connectivity index (χ0n) is 11.8. The number of carbonyl (C=O) groups is 1. The van der Waals surface area contributed by atoms with Gasteiger partial charge in [0.15, 0.2) is 11.7 Å². The molecule has 118 valence electrons. The van der Waals surface area contributed by atoms with Crippen molar-refractivity contribution in [2.24, 2.45) is 5.92 Å². The van der Waals surface area contributed by atoms with Crippen LogP contribution in [0, 0.1) is 24.1 Å². The van der Waals surface area contributed by atoms with Gasteiger partial charge < -0.3 is 10.1 Å². The Morgan fingerprint density at radius 1 is 1.41 bits per heavy atom. The van der Waals surface area contributed by atoms with E-state index in [2.05, 4.69) is 5.32 Å². The van der Waals surface area contributed by atoms with Gasteiger partial charge in [0.05, 0.1) is 0 Å². The molecule has 1 aliphatic heterocycles. The molecule has 3 nitrogen and oxygen atoms in total. The Morgan fingerprint density at radius 2 is 2.05 bits per heavy atom. The molecule has 1 amide bonds. The fourth-order valence-electron chi connectivity index (χ4n) is 2.54. The predicted octanol–water partition coefficient (Wildman–Crippen LogP) is 3.21. The molecule has 0 radical (unpaired) electrons. The molecular weight excluding hydrogens is 302 g/mol. The number of anilines is 1. The van der Waals surface area contributed by atoms with Gasteiger partial charge in [-0.3, -0.25) is 4.79 Å². The number of alkyl halides is 3. The summed E-state index contributed by atoms with van der Waals surface area (Å²) in [5.74, 6) is -1.02. The Labute approximate surface area is 124 Å². The van der Waals surface area contributed by atoms with Crippen molar-refractivity contribution in [2.45, 2.75) is 31.7 Å². The van der Waals surface area contributed by atoms with Crippen LogP contribution >= 0.6 is 0 Å². The number of terminal acetylenes is 1. The van der Waals surface area contributed by atoms with E-state index >= 15 is 0 Å². The van der Waals surface area contributed by atoms with Crippen molar-refractivity contribution in [1.29, 1.82) is 0 Å². The molecule has 1 heterocycles. The molecule has 0 saturated heterocycles. The summed E-state index contributed by atoms with van der Waals surface area (Å²) in [7, 11) is 0. The first-order valence-electron chi connectivity index (χ1n) is 6.45. The molecule has 1 aromatic rings. The molecule has 2 unspecified atom stereocenters. The zero-order chi connectivity index (χ0) is 16.7. The van der Waals surface area contributed by atoms with Crippen LogP contribution in [0.15, 0.2) is 18.2 Å². The summed E-state index contributed by atoms with van der Waals surface area (Å²) in [4.78, 5) is 11.9. The van der Waals surface area contributed by atoms with Crippen molar-refractivity contribution in [1.82, 2.24) is 0 Å². The van der Waals surface area contributed by atoms with Gasteiger partial charge in [0, 0.05) is 11.3 Å². The van der Waals surface area contributed by atoms with Crippen molar-refractivity contribution >= 4 is 11.6 Å². The van der Waals surface area contributed by atoms with E-state index in [-0.39, 0.29) is 5.69 Å². The molecule has 2 rings (SSSR count). The first kappa shape index (κ1) is 16.3. The molecule has 0 fully saturated rings. The quantitative estimate of drug-likeness (QED) is 0.638. The standard InChI is InChI=1S/C15H13F4NO2/c1-4-12-13(21)20-11-6-5-9(16)7-10(11)14(22-12,8(2)3)15(17,18)19/h1,5-8,12H,2-3H3,(H,20,21). The Hall–Kier alpha value is -2.07. The second-order valence-electron chi connectivity index (χ2n) is 5.23. The maximum Gasteiger partial charge on any atom is 0.422 e. The number of benzene rings is 1. The first-order chi connectivity index (χ1) is 10.1. The lowest BCUT2D eigenvalue weighted by Gasteiger charge is -2.39. The van der Waals surface area contributed by atoms with Crippen LogP contribution in [0.1, 0.15) is 19.4 Å². The smallest absolute Gasteiger partial charge is 0.335 e. The van der Waals surface area contributed by atoms with Crippen LogP contribution in [0.5, 0.6) is 0 Å². The molecule has 7 heteroatoms. The number of hydrogen-bond donors (Lipinski definition) is 1. The van der Waals surface area contributed by atoms with E-state index in [4.69, 9.17) is 11.2 Å². The van der Waals surface area contributed by atoms with E-state index in [0.717, 1.165) is 12.1 Å². The molecular formula is C15H13F4NO2. The maximum absolute atomic E-state index is 13.8. The predicted molar refractivity (Wildman–Crippen MR) is 71.3 cm³/mol. The van der Waals surface area contributed by atoms with Gasteiger partial charge in [0.2, 0.25) is 0 Å². The first-order valence-corrected chi connectivity index (χ1v) is 6.45. The minimum atomic E-state index is -4.90. The van der Waals surface area contributed by atoms with Crippen molar-refractivity contribution in [2.75, 3.05) is 5.32 Å². The number of amides is 1. The lowest BCUT2D eigenvalue weighted by atomic mass is 9.81. The summed E-state index contributed by atoms with van der Waals surface area (Å²) in [6, 6.07) is 2.73. The van der Waals surface area contributed by atoms with Crippen LogP contribution in [0.25, 0.3) is 0 Å². The second-order valence-corrected chi connectivity index (χ2v) is 5.23. The second kappa shape index (κ2) is 5.29. The average molecular weight is 315 g/mol. The van der Waals surface area contributed by atoms with Gasteiger partial charge >= 0.3 is 6.18 Å². The van der Waals surface area contributed by atoms with Crippen LogP contribution < -0.4 is 5.32 Å². The third-order valence-electron chi connectivity index (χ3n) is 3.57. The van der Waals surface area contributed by atoms with E-state index < -0.39 is 41.1 Å². The van der Waals surface area contributed by atoms with E-state index in [1.807, 2.05) is 5.92 Å². The summed E-state index contributed by atoms with van der Waals surface area (Å²) in [6.45, 7) is 2.54. The Kier molecular flexibility index (Phi) is 3.92. The molecule has 22 heavy (non-hydrogen) atoms. The number of nitrogens with one attached hydrogen (secondary N) is 1. The topological polar surface area (TPSA) is 38.3 Å². The van der Waals surface area contributed by atoms with Crippen molar-refractivity contribution in [3.63, 3.8) is 0 Å². The van der Waals surface area contributed by atoms with Gasteiger partial charge in [0.1, 0.15) is 5.82 Å². The molecule has 1 N–H and O–H groups in total. The summed E-state index contributed by atoms with van der Waals surface area (Å²) in [6.07, 6.45) is -1.52. The monoisotopic (exact) mass is 315 g/mol. The van der Waals surface area contributed by atoms with Crippen molar-refractivity contribution in [3.05, 3.63) is 29.6 Å². The van der Waals surface area contributed by atoms with Gasteiger partial charge in [-0.15, -0.1) is 6.42 Å². The highest BCUT2D eigenvalue weighted by Gasteiger charge is 2.62. The van der Waals surface area contributed by atoms with Gasteiger partial charge in [0.25, 0.3) is 5.91 Å². The molecule has 2 atom stereocenters. The Bertz CT molecular complexity index is 648. The molecule has 0 bridgehead atoms. The van der Waals surface area contributed by atoms with Crippen LogP contribution in [0.4, 0.5) is 23.2 Å². The molecule has 0 saturated carbocycles. The number of fused-ring (bicyclic) bond motifs is 1. The lowest BCUT2D eigenvalue weighted by Crippen LogP contribution is -2.51. The van der Waals surface area contributed by atoms with Crippen LogP contribution in [-0.2, 0) is 15.1 Å². The van der Waals surface area contributed by atoms with E-state index in [9.17, 15) is 22.4 Å². The minimum Gasteiger partial charge on any atom is -0.335 e. The van der Waals surface area contributed by atoms with Crippen LogP contribution in [0.3, 0.4) is 0 Å². The van der Waals surface area contributed by atoms with E-state index in [1.54, 1.807) is 0 Å². The van der Waals surface area contributed by atoms with Crippen molar-refractivity contribution in [3.8, 4) is 12.3 Å². The highest BCUT2D eigenvalue weighted by atomic mass is 19.4. The molecule has 0 aromatic heterocycles. The normalized spacial score (nSPS) is 25.2. The summed E-state index contributed by atoms with van der Waals surface area (Å²) in [5, 5.41) is 2.26. The third-order valence-corrected chi connectivity index (χ3v) is 3.57. The van der Waals surface area contributed by atoms with Crippen LogP contribution in [0.2, 0.25) is 0 Å². The Morgan fingerprint density at radius 3 is 2.55 bits per heavy atom. The maximum atomic E-state index is 13.8. The summed E-state index contributed by atoms with van der Waals surface area (Å²) in [5.41, 5.74) is -3.56. The van der Waals surface area contributed by atoms with E-state index in [0.29, 0.717) is 6.07 Å². The zero-order valence-corrected chi connectivity index (χ0v) is 11.8. The molecule has 1 aliphatic rings. The Balaban J connectivity index is 2.82. The number of hydrogen-bond acceptors (Lipinski definition) is 2. The lowest BCUT2D eigenvalue weighted by molar-refractivity contribution is -0.304. The number of carbonyl (C=O) groups excluding carboxylic acids is 1. The SMILES string of the molecule is C#CC1OC(C(C)C)(C(F)(F)F)c2cc(F)ccc2NC1=O. The largest absolute Gasteiger partial charge is 0.422 e.